The van der Waals surface area contributed by atoms with Crippen molar-refractivity contribution < 1.29 is 22.3 Å². The number of likely N-dealkylation sites (N-methyl/N-ethyl adjacent to an activating group) is 1. The zero-order chi connectivity index (χ0) is 18.6. The van der Waals surface area contributed by atoms with Crippen molar-refractivity contribution in [2.45, 2.75) is 25.3 Å². The van der Waals surface area contributed by atoms with Crippen LogP contribution in [0.1, 0.15) is 16.7 Å². The second kappa shape index (κ2) is 7.76. The quantitative estimate of drug-likeness (QED) is 0.739. The predicted molar refractivity (Wildman–Crippen MR) is 91.9 cm³/mol. The third-order valence-electron chi connectivity index (χ3n) is 3.77. The third-order valence-corrected chi connectivity index (χ3v) is 5.58. The molecule has 0 N–H and O–H groups in total. The van der Waals surface area contributed by atoms with Crippen molar-refractivity contribution in [1.29, 1.82) is 0 Å². The molecule has 5 nitrogen and oxygen atoms in total. The summed E-state index contributed by atoms with van der Waals surface area (Å²) in [5.74, 6) is -1.19. The van der Waals surface area contributed by atoms with Crippen molar-refractivity contribution in [3.63, 3.8) is 0 Å². The van der Waals surface area contributed by atoms with Gasteiger partial charge in [-0.1, -0.05) is 23.8 Å². The Bertz CT molecular complexity index is 863. The van der Waals surface area contributed by atoms with Crippen molar-refractivity contribution in [3.8, 4) is 0 Å². The molecule has 0 atom stereocenters. The van der Waals surface area contributed by atoms with E-state index >= 15 is 0 Å². The summed E-state index contributed by atoms with van der Waals surface area (Å²) in [4.78, 5) is 11.9. The van der Waals surface area contributed by atoms with Gasteiger partial charge < -0.3 is 4.74 Å². The first kappa shape index (κ1) is 19.1. The van der Waals surface area contributed by atoms with Gasteiger partial charge in [0.1, 0.15) is 19.0 Å². The van der Waals surface area contributed by atoms with Crippen LogP contribution < -0.4 is 0 Å². The summed E-state index contributed by atoms with van der Waals surface area (Å²) < 4.78 is 43.7. The highest BCUT2D eigenvalue weighted by molar-refractivity contribution is 7.89. The molecular formula is C18H20FNO4S. The summed E-state index contributed by atoms with van der Waals surface area (Å²) in [5.41, 5.74) is 2.91. The van der Waals surface area contributed by atoms with E-state index in [0.717, 1.165) is 45.3 Å². The summed E-state index contributed by atoms with van der Waals surface area (Å²) in [6, 6.07) is 10.2. The Kier molecular flexibility index (Phi) is 5.92. The van der Waals surface area contributed by atoms with Crippen LogP contribution in [-0.4, -0.2) is 32.3 Å². The van der Waals surface area contributed by atoms with Gasteiger partial charge in [0.05, 0.1) is 4.90 Å². The fourth-order valence-electron chi connectivity index (χ4n) is 2.21. The number of rotatable bonds is 6. The average Bonchev–Trinajstić information content (AvgIpc) is 2.56. The molecule has 0 radical (unpaired) electrons. The second-order valence-corrected chi connectivity index (χ2v) is 7.85. The first-order valence-electron chi connectivity index (χ1n) is 7.64. The number of nitrogens with zero attached hydrogens (tertiary/aromatic N) is 1. The van der Waals surface area contributed by atoms with E-state index in [-0.39, 0.29) is 11.5 Å². The molecule has 2 aromatic rings. The monoisotopic (exact) mass is 365 g/mol. The van der Waals surface area contributed by atoms with Crippen molar-refractivity contribution in [3.05, 3.63) is 65.0 Å². The minimum absolute atomic E-state index is 0.0801. The summed E-state index contributed by atoms with van der Waals surface area (Å²) >= 11 is 0. The van der Waals surface area contributed by atoms with Crippen LogP contribution in [0, 0.1) is 19.7 Å². The molecule has 0 spiro atoms. The first-order chi connectivity index (χ1) is 11.7. The molecule has 0 saturated carbocycles. The van der Waals surface area contributed by atoms with E-state index in [2.05, 4.69) is 0 Å². The van der Waals surface area contributed by atoms with Gasteiger partial charge in [-0.05, 0) is 49.2 Å². The first-order valence-corrected chi connectivity index (χ1v) is 9.08. The Morgan fingerprint density at radius 2 is 1.76 bits per heavy atom. The molecule has 0 amide bonds. The van der Waals surface area contributed by atoms with Gasteiger partial charge in [0.15, 0.2) is 0 Å². The predicted octanol–water partition coefficient (Wildman–Crippen LogP) is 2.81. The molecule has 7 heteroatoms. The molecule has 0 aliphatic rings. The van der Waals surface area contributed by atoms with E-state index in [1.165, 1.54) is 7.05 Å². The lowest BCUT2D eigenvalue weighted by atomic mass is 10.1. The highest BCUT2D eigenvalue weighted by Crippen LogP contribution is 2.15. The van der Waals surface area contributed by atoms with Crippen LogP contribution in [0.5, 0.6) is 0 Å². The Morgan fingerprint density at radius 3 is 2.40 bits per heavy atom. The van der Waals surface area contributed by atoms with Crippen LogP contribution in [0.2, 0.25) is 0 Å². The normalized spacial score (nSPS) is 11.6. The van der Waals surface area contributed by atoms with Crippen LogP contribution in [0.4, 0.5) is 4.39 Å². The summed E-state index contributed by atoms with van der Waals surface area (Å²) in [6.07, 6.45) is 0. The molecule has 0 aliphatic heterocycles. The number of esters is 1. The third kappa shape index (κ3) is 4.87. The fraction of sp³-hybridized carbons (Fsp3) is 0.278. The van der Waals surface area contributed by atoms with Crippen molar-refractivity contribution in [1.82, 2.24) is 4.31 Å². The molecule has 0 saturated heterocycles. The Labute approximate surface area is 147 Å². The van der Waals surface area contributed by atoms with Gasteiger partial charge in [-0.25, -0.2) is 12.8 Å². The maximum absolute atomic E-state index is 12.9. The molecule has 0 bridgehead atoms. The number of hydrogen-bond acceptors (Lipinski definition) is 4. The van der Waals surface area contributed by atoms with E-state index in [9.17, 15) is 17.6 Å². The van der Waals surface area contributed by atoms with Gasteiger partial charge in [-0.2, -0.15) is 4.31 Å². The minimum atomic E-state index is -3.88. The number of hydrogen-bond donors (Lipinski definition) is 0. The van der Waals surface area contributed by atoms with Gasteiger partial charge in [0, 0.05) is 7.05 Å². The van der Waals surface area contributed by atoms with Crippen molar-refractivity contribution in [2.75, 3.05) is 13.6 Å². The van der Waals surface area contributed by atoms with E-state index in [0.29, 0.717) is 0 Å². The van der Waals surface area contributed by atoms with Crippen LogP contribution >= 0.6 is 0 Å². The highest BCUT2D eigenvalue weighted by atomic mass is 32.2. The maximum atomic E-state index is 12.9. The van der Waals surface area contributed by atoms with Crippen molar-refractivity contribution >= 4 is 16.0 Å². The topological polar surface area (TPSA) is 63.7 Å². The summed E-state index contributed by atoms with van der Waals surface area (Å²) in [6.45, 7) is 3.50. The Morgan fingerprint density at radius 1 is 1.12 bits per heavy atom. The largest absolute Gasteiger partial charge is 0.460 e. The number of halogens is 1. The number of carbonyl (C=O) groups excluding carboxylic acids is 1. The minimum Gasteiger partial charge on any atom is -0.460 e. The smallest absolute Gasteiger partial charge is 0.321 e. The Hall–Kier alpha value is -2.25. The average molecular weight is 365 g/mol. The molecule has 0 aliphatic carbocycles. The number of sulfonamides is 1. The number of aryl methyl sites for hydroxylation is 2. The maximum Gasteiger partial charge on any atom is 0.321 e. The van der Waals surface area contributed by atoms with Crippen LogP contribution in [0.15, 0.2) is 47.4 Å². The Balaban J connectivity index is 1.99. The van der Waals surface area contributed by atoms with E-state index in [1.807, 2.05) is 32.0 Å². The molecular weight excluding hydrogens is 345 g/mol. The van der Waals surface area contributed by atoms with Gasteiger partial charge in [0.25, 0.3) is 0 Å². The molecule has 25 heavy (non-hydrogen) atoms. The van der Waals surface area contributed by atoms with E-state index in [4.69, 9.17) is 4.74 Å². The highest BCUT2D eigenvalue weighted by Gasteiger charge is 2.23. The number of benzene rings is 2. The molecule has 0 fully saturated rings. The standard InChI is InChI=1S/C18H20FNO4S/c1-13-4-5-14(2)15(10-13)12-24-18(21)11-20(3)25(22,23)17-8-6-16(19)7-9-17/h4-10H,11-12H2,1-3H3. The number of carbonyl (C=O) groups is 1. The lowest BCUT2D eigenvalue weighted by Crippen LogP contribution is -2.33. The lowest BCUT2D eigenvalue weighted by molar-refractivity contribution is -0.144. The molecule has 0 aromatic heterocycles. The van der Waals surface area contributed by atoms with Crippen LogP contribution in [-0.2, 0) is 26.2 Å². The summed E-state index contributed by atoms with van der Waals surface area (Å²) in [7, 11) is -2.61. The van der Waals surface area contributed by atoms with Crippen LogP contribution in [0.25, 0.3) is 0 Å². The molecule has 134 valence electrons. The second-order valence-electron chi connectivity index (χ2n) is 5.81. The zero-order valence-corrected chi connectivity index (χ0v) is 15.1. The lowest BCUT2D eigenvalue weighted by Gasteiger charge is -2.16. The van der Waals surface area contributed by atoms with Crippen molar-refractivity contribution in [2.24, 2.45) is 0 Å². The molecule has 0 heterocycles. The molecule has 2 rings (SSSR count). The summed E-state index contributed by atoms with van der Waals surface area (Å²) in [5, 5.41) is 0. The molecule has 0 unspecified atom stereocenters. The fourth-order valence-corrected chi connectivity index (χ4v) is 3.33. The number of ether oxygens (including phenoxy) is 1. The molecule has 2 aromatic carbocycles. The van der Waals surface area contributed by atoms with Gasteiger partial charge in [-0.3, -0.25) is 4.79 Å². The van der Waals surface area contributed by atoms with Crippen LogP contribution in [0.3, 0.4) is 0 Å². The van der Waals surface area contributed by atoms with E-state index < -0.39 is 28.4 Å². The van der Waals surface area contributed by atoms with E-state index in [1.54, 1.807) is 0 Å². The SMILES string of the molecule is Cc1ccc(C)c(COC(=O)CN(C)S(=O)(=O)c2ccc(F)cc2)c1. The van der Waals surface area contributed by atoms with Gasteiger partial charge >= 0.3 is 5.97 Å². The zero-order valence-electron chi connectivity index (χ0n) is 14.3. The van der Waals surface area contributed by atoms with Gasteiger partial charge in [-0.15, -0.1) is 0 Å². The van der Waals surface area contributed by atoms with Gasteiger partial charge in [0.2, 0.25) is 10.0 Å².